The molecule has 0 aliphatic rings. The quantitative estimate of drug-likeness (QED) is 0.566. The standard InChI is InChI=1S/C23H25N3O3/c1-3-29-22-11-7-5-9-20(22)26-23(27)18-14-19(16-24-15-18)25-13-12-17-8-4-6-10-21(17)28-2/h4-11,14-16,25H,3,12-13H2,1-2H3,(H,26,27). The van der Waals surface area contributed by atoms with Crippen LogP contribution in [0.15, 0.2) is 67.0 Å². The Morgan fingerprint density at radius 2 is 1.79 bits per heavy atom. The van der Waals surface area contributed by atoms with Crippen LogP contribution in [-0.2, 0) is 6.42 Å². The zero-order valence-electron chi connectivity index (χ0n) is 16.6. The summed E-state index contributed by atoms with van der Waals surface area (Å²) in [4.78, 5) is 16.8. The van der Waals surface area contributed by atoms with Gasteiger partial charge in [-0.1, -0.05) is 30.3 Å². The summed E-state index contributed by atoms with van der Waals surface area (Å²) in [5, 5.41) is 6.20. The number of methoxy groups -OCH3 is 1. The number of amides is 1. The lowest BCUT2D eigenvalue weighted by Crippen LogP contribution is -2.14. The maximum absolute atomic E-state index is 12.7. The molecular weight excluding hydrogens is 366 g/mol. The van der Waals surface area contributed by atoms with Crippen molar-refractivity contribution < 1.29 is 14.3 Å². The highest BCUT2D eigenvalue weighted by molar-refractivity contribution is 6.05. The number of ether oxygens (including phenoxy) is 2. The van der Waals surface area contributed by atoms with Crippen molar-refractivity contribution in [2.75, 3.05) is 30.9 Å². The number of hydrogen-bond donors (Lipinski definition) is 2. The lowest BCUT2D eigenvalue weighted by molar-refractivity contribution is 0.102. The van der Waals surface area contributed by atoms with Crippen LogP contribution < -0.4 is 20.1 Å². The lowest BCUT2D eigenvalue weighted by atomic mass is 10.1. The van der Waals surface area contributed by atoms with E-state index in [9.17, 15) is 4.79 Å². The number of carbonyl (C=O) groups excluding carboxylic acids is 1. The third-order valence-electron chi connectivity index (χ3n) is 4.35. The molecule has 0 bridgehead atoms. The van der Waals surface area contributed by atoms with Crippen molar-refractivity contribution in [2.45, 2.75) is 13.3 Å². The number of para-hydroxylation sites is 3. The first-order chi connectivity index (χ1) is 14.2. The second-order valence-corrected chi connectivity index (χ2v) is 6.33. The molecule has 150 valence electrons. The normalized spacial score (nSPS) is 10.3. The fourth-order valence-corrected chi connectivity index (χ4v) is 2.96. The average molecular weight is 391 g/mol. The first-order valence-electron chi connectivity index (χ1n) is 9.55. The number of hydrogen-bond acceptors (Lipinski definition) is 5. The van der Waals surface area contributed by atoms with Crippen LogP contribution in [0.5, 0.6) is 11.5 Å². The molecule has 3 aromatic rings. The van der Waals surface area contributed by atoms with Gasteiger partial charge in [0.05, 0.1) is 30.7 Å². The van der Waals surface area contributed by atoms with Gasteiger partial charge in [-0.25, -0.2) is 0 Å². The molecule has 1 heterocycles. The summed E-state index contributed by atoms with van der Waals surface area (Å²) in [7, 11) is 1.67. The van der Waals surface area contributed by atoms with E-state index in [2.05, 4.69) is 15.6 Å². The van der Waals surface area contributed by atoms with Crippen LogP contribution in [-0.4, -0.2) is 31.2 Å². The molecule has 0 unspecified atom stereocenters. The van der Waals surface area contributed by atoms with E-state index in [0.29, 0.717) is 30.2 Å². The molecule has 6 heteroatoms. The van der Waals surface area contributed by atoms with Crippen molar-refractivity contribution in [3.8, 4) is 11.5 Å². The first kappa shape index (κ1) is 20.2. The Kier molecular flexibility index (Phi) is 7.05. The fourth-order valence-electron chi connectivity index (χ4n) is 2.96. The molecule has 0 atom stereocenters. The monoisotopic (exact) mass is 391 g/mol. The molecule has 1 aromatic heterocycles. The second-order valence-electron chi connectivity index (χ2n) is 6.33. The number of benzene rings is 2. The molecule has 0 spiro atoms. The molecule has 0 saturated heterocycles. The van der Waals surface area contributed by atoms with Crippen molar-refractivity contribution in [2.24, 2.45) is 0 Å². The Bertz CT molecular complexity index is 959. The third-order valence-corrected chi connectivity index (χ3v) is 4.35. The molecule has 6 nitrogen and oxygen atoms in total. The molecule has 0 aliphatic heterocycles. The molecule has 1 amide bonds. The number of anilines is 2. The highest BCUT2D eigenvalue weighted by Crippen LogP contribution is 2.24. The van der Waals surface area contributed by atoms with E-state index < -0.39 is 0 Å². The Hall–Kier alpha value is -3.54. The maximum Gasteiger partial charge on any atom is 0.257 e. The van der Waals surface area contributed by atoms with Crippen molar-refractivity contribution in [3.63, 3.8) is 0 Å². The molecule has 3 rings (SSSR count). The van der Waals surface area contributed by atoms with E-state index in [1.165, 1.54) is 0 Å². The number of pyridine rings is 1. The predicted molar refractivity (Wildman–Crippen MR) is 115 cm³/mol. The molecule has 29 heavy (non-hydrogen) atoms. The van der Waals surface area contributed by atoms with Crippen LogP contribution in [0.2, 0.25) is 0 Å². The minimum absolute atomic E-state index is 0.238. The summed E-state index contributed by atoms with van der Waals surface area (Å²) in [5.41, 5.74) is 3.01. The van der Waals surface area contributed by atoms with Crippen molar-refractivity contribution in [1.82, 2.24) is 4.98 Å². The number of rotatable bonds is 9. The number of aromatic nitrogens is 1. The Balaban J connectivity index is 1.62. The van der Waals surface area contributed by atoms with Crippen molar-refractivity contribution in [3.05, 3.63) is 78.1 Å². The molecular formula is C23H25N3O3. The molecule has 0 radical (unpaired) electrons. The van der Waals surface area contributed by atoms with E-state index in [-0.39, 0.29) is 5.91 Å². The third kappa shape index (κ3) is 5.48. The SMILES string of the molecule is CCOc1ccccc1NC(=O)c1cncc(NCCc2ccccc2OC)c1. The lowest BCUT2D eigenvalue weighted by Gasteiger charge is -2.12. The average Bonchev–Trinajstić information content (AvgIpc) is 2.76. The van der Waals surface area contributed by atoms with Crippen LogP contribution >= 0.6 is 0 Å². The smallest absolute Gasteiger partial charge is 0.257 e. The minimum Gasteiger partial charge on any atom is -0.496 e. The Morgan fingerprint density at radius 3 is 2.59 bits per heavy atom. The van der Waals surface area contributed by atoms with Gasteiger partial charge in [0.15, 0.2) is 0 Å². The van der Waals surface area contributed by atoms with E-state index in [4.69, 9.17) is 9.47 Å². The molecule has 2 N–H and O–H groups in total. The number of carbonyl (C=O) groups is 1. The zero-order valence-corrected chi connectivity index (χ0v) is 16.6. The van der Waals surface area contributed by atoms with Gasteiger partial charge < -0.3 is 20.1 Å². The van der Waals surface area contributed by atoms with Crippen LogP contribution in [0.25, 0.3) is 0 Å². The van der Waals surface area contributed by atoms with E-state index in [1.807, 2.05) is 55.5 Å². The summed E-state index contributed by atoms with van der Waals surface area (Å²) >= 11 is 0. The van der Waals surface area contributed by atoms with E-state index in [0.717, 1.165) is 23.4 Å². The van der Waals surface area contributed by atoms with Crippen molar-refractivity contribution in [1.29, 1.82) is 0 Å². The summed E-state index contributed by atoms with van der Waals surface area (Å²) < 4.78 is 10.9. The highest BCUT2D eigenvalue weighted by atomic mass is 16.5. The van der Waals surface area contributed by atoms with Gasteiger partial charge in [-0.3, -0.25) is 9.78 Å². The summed E-state index contributed by atoms with van der Waals surface area (Å²) in [5.74, 6) is 1.27. The van der Waals surface area contributed by atoms with Gasteiger partial charge in [0.1, 0.15) is 11.5 Å². The van der Waals surface area contributed by atoms with Gasteiger partial charge in [0, 0.05) is 18.9 Å². The topological polar surface area (TPSA) is 72.5 Å². The Morgan fingerprint density at radius 1 is 1.03 bits per heavy atom. The van der Waals surface area contributed by atoms with Crippen LogP contribution in [0.3, 0.4) is 0 Å². The highest BCUT2D eigenvalue weighted by Gasteiger charge is 2.11. The van der Waals surface area contributed by atoms with Gasteiger partial charge in [0.2, 0.25) is 0 Å². The molecule has 0 saturated carbocycles. The van der Waals surface area contributed by atoms with Gasteiger partial charge in [-0.15, -0.1) is 0 Å². The number of nitrogens with zero attached hydrogens (tertiary/aromatic N) is 1. The van der Waals surface area contributed by atoms with Crippen LogP contribution in [0.4, 0.5) is 11.4 Å². The van der Waals surface area contributed by atoms with Crippen LogP contribution in [0.1, 0.15) is 22.8 Å². The van der Waals surface area contributed by atoms with Gasteiger partial charge >= 0.3 is 0 Å². The summed E-state index contributed by atoms with van der Waals surface area (Å²) in [6.07, 6.45) is 4.04. The largest absolute Gasteiger partial charge is 0.496 e. The van der Waals surface area contributed by atoms with Gasteiger partial charge in [-0.2, -0.15) is 0 Å². The Labute approximate surface area is 170 Å². The van der Waals surface area contributed by atoms with Crippen LogP contribution in [0, 0.1) is 0 Å². The molecule has 0 fully saturated rings. The first-order valence-corrected chi connectivity index (χ1v) is 9.55. The molecule has 2 aromatic carbocycles. The number of nitrogens with one attached hydrogen (secondary N) is 2. The molecule has 0 aliphatic carbocycles. The zero-order chi connectivity index (χ0) is 20.5. The van der Waals surface area contributed by atoms with Gasteiger partial charge in [0.25, 0.3) is 5.91 Å². The van der Waals surface area contributed by atoms with Gasteiger partial charge in [-0.05, 0) is 43.2 Å². The predicted octanol–water partition coefficient (Wildman–Crippen LogP) is 4.40. The summed E-state index contributed by atoms with van der Waals surface area (Å²) in [6, 6.07) is 17.1. The van der Waals surface area contributed by atoms with Crippen molar-refractivity contribution >= 4 is 17.3 Å². The fraction of sp³-hybridized carbons (Fsp3) is 0.217. The van der Waals surface area contributed by atoms with E-state index >= 15 is 0 Å². The minimum atomic E-state index is -0.238. The van der Waals surface area contributed by atoms with E-state index in [1.54, 1.807) is 25.6 Å². The second kappa shape index (κ2) is 10.1. The summed E-state index contributed by atoms with van der Waals surface area (Å²) in [6.45, 7) is 3.13. The maximum atomic E-state index is 12.7.